The van der Waals surface area contributed by atoms with E-state index in [2.05, 4.69) is 15.3 Å². The molecule has 2 atom stereocenters. The first-order valence-corrected chi connectivity index (χ1v) is 15.6. The number of fused-ring (bicyclic) bond motifs is 1. The van der Waals surface area contributed by atoms with Crippen LogP contribution in [-0.4, -0.2) is 49.2 Å². The number of pyridine rings is 1. The van der Waals surface area contributed by atoms with Crippen molar-refractivity contribution in [3.05, 3.63) is 116 Å². The lowest BCUT2D eigenvalue weighted by Crippen LogP contribution is -2.32. The van der Waals surface area contributed by atoms with E-state index in [1.165, 1.54) is 48.9 Å². The molecule has 10 nitrogen and oxygen atoms in total. The van der Waals surface area contributed by atoms with Gasteiger partial charge >= 0.3 is 0 Å². The molecule has 5 aromatic rings. The number of nitrogens with zero attached hydrogens (tertiary/aromatic N) is 4. The maximum absolute atomic E-state index is 14.3. The molecule has 0 aliphatic rings. The Kier molecular flexibility index (Phi) is 9.60. The first-order chi connectivity index (χ1) is 22.3. The van der Waals surface area contributed by atoms with Crippen LogP contribution in [0.15, 0.2) is 65.5 Å². The Bertz CT molecular complexity index is 2110. The molecule has 244 valence electrons. The SMILES string of the molecule is CNc1c(-n2c(C(N)Cc3cc(F)cc(F)c3)nc3nc(Oc4ccc(F)cc4F)ccc3c2=O)ccc(Cl)c1C(=N)N(C)S(C)=O. The number of hydrogen-bond acceptors (Lipinski definition) is 8. The van der Waals surface area contributed by atoms with Crippen molar-refractivity contribution in [2.75, 3.05) is 25.7 Å². The number of ether oxygens (including phenoxy) is 1. The van der Waals surface area contributed by atoms with Gasteiger partial charge in [0, 0.05) is 38.6 Å². The number of aromatic nitrogens is 3. The molecule has 2 heterocycles. The summed E-state index contributed by atoms with van der Waals surface area (Å²) >= 11 is 6.51. The molecule has 0 saturated heterocycles. The Morgan fingerprint density at radius 3 is 2.40 bits per heavy atom. The Hall–Kier alpha value is -4.86. The van der Waals surface area contributed by atoms with E-state index in [1.807, 2.05) is 0 Å². The van der Waals surface area contributed by atoms with Gasteiger partial charge in [0.15, 0.2) is 17.2 Å². The number of halogens is 5. The zero-order valence-corrected chi connectivity index (χ0v) is 26.5. The minimum Gasteiger partial charge on any atom is -0.436 e. The van der Waals surface area contributed by atoms with Crippen LogP contribution in [-0.2, 0) is 17.4 Å². The molecule has 47 heavy (non-hydrogen) atoms. The number of amidine groups is 1. The van der Waals surface area contributed by atoms with Crippen molar-refractivity contribution in [3.8, 4) is 17.3 Å². The second kappa shape index (κ2) is 13.5. The van der Waals surface area contributed by atoms with Gasteiger partial charge in [-0.3, -0.25) is 19.1 Å². The molecule has 3 aromatic carbocycles. The van der Waals surface area contributed by atoms with Gasteiger partial charge in [-0.1, -0.05) is 11.6 Å². The van der Waals surface area contributed by atoms with E-state index in [0.29, 0.717) is 12.1 Å². The monoisotopic (exact) mass is 687 g/mol. The second-order valence-corrected chi connectivity index (χ2v) is 12.0. The van der Waals surface area contributed by atoms with E-state index >= 15 is 0 Å². The minimum absolute atomic E-state index is 0.0231. The lowest BCUT2D eigenvalue weighted by molar-refractivity contribution is 0.425. The summed E-state index contributed by atoms with van der Waals surface area (Å²) in [5, 5.41) is 11.7. The fourth-order valence-electron chi connectivity index (χ4n) is 4.87. The Morgan fingerprint density at radius 1 is 1.06 bits per heavy atom. The van der Waals surface area contributed by atoms with Crippen LogP contribution in [0.1, 0.15) is 23.0 Å². The Balaban J connectivity index is 1.74. The minimum atomic E-state index is -1.59. The third kappa shape index (κ3) is 6.82. The van der Waals surface area contributed by atoms with Crippen LogP contribution in [0.5, 0.6) is 11.6 Å². The summed E-state index contributed by atoms with van der Waals surface area (Å²) in [4.78, 5) is 23.1. The summed E-state index contributed by atoms with van der Waals surface area (Å²) in [6.07, 6.45) is 1.21. The predicted octanol–water partition coefficient (Wildman–Crippen LogP) is 5.62. The van der Waals surface area contributed by atoms with Gasteiger partial charge in [0.2, 0.25) is 5.88 Å². The average molecular weight is 688 g/mol. The molecule has 0 saturated carbocycles. The van der Waals surface area contributed by atoms with E-state index in [4.69, 9.17) is 27.5 Å². The molecular formula is C31H26ClF4N7O3S. The summed E-state index contributed by atoms with van der Waals surface area (Å²) in [6, 6.07) is 9.99. The van der Waals surface area contributed by atoms with Crippen LogP contribution in [0.25, 0.3) is 16.7 Å². The fraction of sp³-hybridized carbons (Fsp3) is 0.161. The Morgan fingerprint density at radius 2 is 1.77 bits per heavy atom. The van der Waals surface area contributed by atoms with E-state index in [-0.39, 0.29) is 68.3 Å². The lowest BCUT2D eigenvalue weighted by Gasteiger charge is -2.24. The first kappa shape index (κ1) is 33.5. The molecule has 0 fully saturated rings. The highest BCUT2D eigenvalue weighted by atomic mass is 35.5. The van der Waals surface area contributed by atoms with E-state index in [0.717, 1.165) is 28.8 Å². The number of anilines is 1. The summed E-state index contributed by atoms with van der Waals surface area (Å²) in [5.74, 6) is -4.28. The van der Waals surface area contributed by atoms with Crippen molar-refractivity contribution in [2.45, 2.75) is 12.5 Å². The van der Waals surface area contributed by atoms with E-state index < -0.39 is 45.9 Å². The molecule has 0 aliphatic carbocycles. The van der Waals surface area contributed by atoms with Crippen molar-refractivity contribution in [3.63, 3.8) is 0 Å². The Labute approximate surface area is 272 Å². The number of benzene rings is 3. The van der Waals surface area contributed by atoms with Gasteiger partial charge < -0.3 is 15.8 Å². The highest BCUT2D eigenvalue weighted by molar-refractivity contribution is 7.82. The molecule has 5 rings (SSSR count). The molecule has 2 unspecified atom stereocenters. The first-order valence-electron chi connectivity index (χ1n) is 13.7. The zero-order chi connectivity index (χ0) is 34.2. The van der Waals surface area contributed by atoms with Crippen LogP contribution in [0.4, 0.5) is 23.2 Å². The maximum atomic E-state index is 14.3. The average Bonchev–Trinajstić information content (AvgIpc) is 3.01. The van der Waals surface area contributed by atoms with Gasteiger partial charge in [0.05, 0.1) is 33.4 Å². The predicted molar refractivity (Wildman–Crippen MR) is 172 cm³/mol. The van der Waals surface area contributed by atoms with Gasteiger partial charge in [-0.2, -0.15) is 4.98 Å². The molecule has 0 spiro atoms. The zero-order valence-electron chi connectivity index (χ0n) is 24.9. The fourth-order valence-corrected chi connectivity index (χ4v) is 5.47. The largest absolute Gasteiger partial charge is 0.436 e. The highest BCUT2D eigenvalue weighted by Gasteiger charge is 2.26. The quantitative estimate of drug-likeness (QED) is 0.104. The van der Waals surface area contributed by atoms with Crippen LogP contribution in [0.2, 0.25) is 5.02 Å². The normalized spacial score (nSPS) is 12.5. The summed E-state index contributed by atoms with van der Waals surface area (Å²) in [6.45, 7) is 0. The smallest absolute Gasteiger partial charge is 0.267 e. The van der Waals surface area contributed by atoms with Crippen molar-refractivity contribution in [2.24, 2.45) is 5.73 Å². The number of rotatable bonds is 9. The van der Waals surface area contributed by atoms with Gasteiger partial charge in [-0.25, -0.2) is 26.8 Å². The summed E-state index contributed by atoms with van der Waals surface area (Å²) in [7, 11) is 1.37. The molecule has 0 aliphatic heterocycles. The highest BCUT2D eigenvalue weighted by Crippen LogP contribution is 2.34. The van der Waals surface area contributed by atoms with E-state index in [9.17, 15) is 26.6 Å². The molecule has 2 aromatic heterocycles. The maximum Gasteiger partial charge on any atom is 0.267 e. The topological polar surface area (TPSA) is 139 Å². The van der Waals surface area contributed by atoms with Crippen molar-refractivity contribution in [1.29, 1.82) is 5.41 Å². The van der Waals surface area contributed by atoms with Gasteiger partial charge in [0.1, 0.15) is 40.1 Å². The van der Waals surface area contributed by atoms with E-state index in [1.54, 1.807) is 0 Å². The second-order valence-electron chi connectivity index (χ2n) is 10.2. The van der Waals surface area contributed by atoms with Gasteiger partial charge in [0.25, 0.3) is 5.56 Å². The van der Waals surface area contributed by atoms with Crippen molar-refractivity contribution in [1.82, 2.24) is 18.8 Å². The van der Waals surface area contributed by atoms with Crippen molar-refractivity contribution >= 4 is 45.1 Å². The molecule has 4 N–H and O–H groups in total. The third-order valence-corrected chi connectivity index (χ3v) is 8.38. The summed E-state index contributed by atoms with van der Waals surface area (Å²) < 4.78 is 75.8. The number of nitrogens with two attached hydrogens (primary N) is 1. The van der Waals surface area contributed by atoms with Crippen LogP contribution < -0.4 is 21.3 Å². The lowest BCUT2D eigenvalue weighted by atomic mass is 10.0. The van der Waals surface area contributed by atoms with Crippen LogP contribution in [0, 0.1) is 28.7 Å². The number of nitrogens with one attached hydrogen (secondary N) is 2. The van der Waals surface area contributed by atoms with Crippen LogP contribution in [0.3, 0.4) is 0 Å². The molecular weight excluding hydrogens is 662 g/mol. The van der Waals surface area contributed by atoms with Crippen LogP contribution >= 0.6 is 11.6 Å². The van der Waals surface area contributed by atoms with Crippen molar-refractivity contribution < 1.29 is 26.5 Å². The molecule has 16 heteroatoms. The molecule has 0 radical (unpaired) electrons. The standard InChI is InChI=1S/C31H26ClF4N7O3S/c1-39-27-23(7-6-20(32)26(27)28(38)42(2)47(3)45)43-30(22(37)12-15-10-17(34)13-18(35)11-15)41-29-19(31(43)44)5-9-25(40-29)46-24-8-4-16(33)14-21(24)36/h4-11,13-14,22,38-39H,12,37H2,1-3H3. The third-order valence-electron chi connectivity index (χ3n) is 7.11. The van der Waals surface area contributed by atoms with Gasteiger partial charge in [-0.05, 0) is 54.4 Å². The van der Waals surface area contributed by atoms with Gasteiger partial charge in [-0.15, -0.1) is 0 Å². The number of hydrogen-bond donors (Lipinski definition) is 3. The summed E-state index contributed by atoms with van der Waals surface area (Å²) in [5.41, 5.74) is 6.37. The molecule has 0 amide bonds. The molecule has 0 bridgehead atoms.